The number of carbonyl (C=O) groups excluding carboxylic acids is 2. The molecule has 0 aliphatic rings. The van der Waals surface area contributed by atoms with E-state index < -0.39 is 22.5 Å². The topological polar surface area (TPSA) is 117 Å². The van der Waals surface area contributed by atoms with E-state index in [-0.39, 0.29) is 34.3 Å². The van der Waals surface area contributed by atoms with Crippen molar-refractivity contribution in [3.8, 4) is 5.75 Å². The zero-order valence-corrected chi connectivity index (χ0v) is 22.9. The van der Waals surface area contributed by atoms with Crippen molar-refractivity contribution >= 4 is 56.9 Å². The minimum absolute atomic E-state index is 0.144. The molecule has 0 saturated heterocycles. The van der Waals surface area contributed by atoms with Crippen molar-refractivity contribution < 1.29 is 22.7 Å². The largest absolute Gasteiger partial charge is 0.484 e. The van der Waals surface area contributed by atoms with Crippen LogP contribution in [0.25, 0.3) is 0 Å². The van der Waals surface area contributed by atoms with Gasteiger partial charge >= 0.3 is 0 Å². The molecule has 0 bridgehead atoms. The third-order valence-electron chi connectivity index (χ3n) is 5.15. The van der Waals surface area contributed by atoms with Crippen molar-refractivity contribution in [1.82, 2.24) is 10.7 Å². The van der Waals surface area contributed by atoms with Gasteiger partial charge in [0.05, 0.1) is 24.2 Å². The SMILES string of the molecule is C[C@@H](NC(=O)COc1ccc(/C=N\NC(=O)CN(c2cc(Cl)cc(Cl)c2)S(C)(=O)=O)cc1)c1ccccc1. The summed E-state index contributed by atoms with van der Waals surface area (Å²) in [5.74, 6) is -0.436. The van der Waals surface area contributed by atoms with Gasteiger partial charge in [0.1, 0.15) is 12.3 Å². The molecule has 0 aliphatic heterocycles. The van der Waals surface area contributed by atoms with Gasteiger partial charge in [-0.05, 0) is 60.5 Å². The highest BCUT2D eigenvalue weighted by Gasteiger charge is 2.21. The first-order valence-corrected chi connectivity index (χ1v) is 13.9. The number of anilines is 1. The molecule has 3 aromatic rings. The summed E-state index contributed by atoms with van der Waals surface area (Å²) in [5, 5.41) is 7.20. The number of halogens is 2. The number of ether oxygens (including phenoxy) is 1. The Labute approximate surface area is 231 Å². The van der Waals surface area contributed by atoms with Crippen molar-refractivity contribution in [2.24, 2.45) is 5.10 Å². The van der Waals surface area contributed by atoms with Crippen LogP contribution in [0.5, 0.6) is 5.75 Å². The number of hydrogen-bond acceptors (Lipinski definition) is 6. The number of nitrogens with zero attached hydrogens (tertiary/aromatic N) is 2. The van der Waals surface area contributed by atoms with E-state index in [1.165, 1.54) is 24.4 Å². The van der Waals surface area contributed by atoms with Crippen LogP contribution in [0, 0.1) is 0 Å². The van der Waals surface area contributed by atoms with Gasteiger partial charge in [0.25, 0.3) is 11.8 Å². The van der Waals surface area contributed by atoms with E-state index in [1.54, 1.807) is 24.3 Å². The standard InChI is InChI=1S/C26H26Cl2N4O5S/c1-18(20-6-4-3-5-7-20)30-26(34)17-37-24-10-8-19(9-11-24)15-29-31-25(33)16-32(38(2,35)36)23-13-21(27)12-22(28)14-23/h3-15,18H,16-17H2,1-2H3,(H,30,34)(H,31,33)/b29-15-/t18-/m1/s1. The van der Waals surface area contributed by atoms with Gasteiger partial charge < -0.3 is 10.1 Å². The van der Waals surface area contributed by atoms with Crippen LogP contribution in [0.3, 0.4) is 0 Å². The van der Waals surface area contributed by atoms with Crippen LogP contribution in [0.15, 0.2) is 77.9 Å². The number of sulfonamides is 1. The predicted octanol–water partition coefficient (Wildman–Crippen LogP) is 4.17. The second-order valence-electron chi connectivity index (χ2n) is 8.25. The van der Waals surface area contributed by atoms with Crippen LogP contribution in [0.2, 0.25) is 10.0 Å². The minimum atomic E-state index is -3.80. The molecule has 1 atom stereocenters. The van der Waals surface area contributed by atoms with E-state index >= 15 is 0 Å². The Bertz CT molecular complexity index is 1380. The third kappa shape index (κ3) is 9.05. The highest BCUT2D eigenvalue weighted by molar-refractivity contribution is 7.92. The normalized spacial score (nSPS) is 12.1. The number of amides is 2. The molecule has 0 heterocycles. The first-order valence-electron chi connectivity index (χ1n) is 11.3. The molecule has 38 heavy (non-hydrogen) atoms. The maximum Gasteiger partial charge on any atom is 0.260 e. The fourth-order valence-corrected chi connectivity index (χ4v) is 4.69. The average molecular weight is 577 g/mol. The fraction of sp³-hybridized carbons (Fsp3) is 0.192. The van der Waals surface area contributed by atoms with Crippen molar-refractivity contribution in [3.05, 3.63) is 94.0 Å². The van der Waals surface area contributed by atoms with Gasteiger partial charge in [-0.3, -0.25) is 13.9 Å². The molecule has 12 heteroatoms. The second-order valence-corrected chi connectivity index (χ2v) is 11.0. The van der Waals surface area contributed by atoms with Crippen molar-refractivity contribution in [1.29, 1.82) is 0 Å². The molecule has 200 valence electrons. The summed E-state index contributed by atoms with van der Waals surface area (Å²) in [5.41, 5.74) is 4.08. The van der Waals surface area contributed by atoms with Gasteiger partial charge in [0, 0.05) is 10.0 Å². The summed E-state index contributed by atoms with van der Waals surface area (Å²) in [7, 11) is -3.80. The number of hydrogen-bond donors (Lipinski definition) is 2. The lowest BCUT2D eigenvalue weighted by Crippen LogP contribution is -2.39. The smallest absolute Gasteiger partial charge is 0.260 e. The van der Waals surface area contributed by atoms with Crippen LogP contribution in [0.1, 0.15) is 24.1 Å². The zero-order valence-electron chi connectivity index (χ0n) is 20.6. The lowest BCUT2D eigenvalue weighted by molar-refractivity contribution is -0.123. The molecule has 0 unspecified atom stereocenters. The van der Waals surface area contributed by atoms with Crippen molar-refractivity contribution in [3.63, 3.8) is 0 Å². The number of benzene rings is 3. The lowest BCUT2D eigenvalue weighted by Gasteiger charge is -2.21. The molecular formula is C26H26Cl2N4O5S. The van der Waals surface area contributed by atoms with E-state index in [1.807, 2.05) is 37.3 Å². The fourth-order valence-electron chi connectivity index (χ4n) is 3.34. The quantitative estimate of drug-likeness (QED) is 0.262. The molecule has 3 rings (SSSR count). The molecule has 3 aromatic carbocycles. The van der Waals surface area contributed by atoms with Gasteiger partial charge in [-0.25, -0.2) is 13.8 Å². The molecule has 9 nitrogen and oxygen atoms in total. The summed E-state index contributed by atoms with van der Waals surface area (Å²) in [6, 6.07) is 20.4. The molecule has 2 N–H and O–H groups in total. The van der Waals surface area contributed by atoms with E-state index in [2.05, 4.69) is 15.8 Å². The van der Waals surface area contributed by atoms with Gasteiger partial charge in [0.15, 0.2) is 6.61 Å². The summed E-state index contributed by atoms with van der Waals surface area (Å²) < 4.78 is 30.8. The summed E-state index contributed by atoms with van der Waals surface area (Å²) >= 11 is 11.9. The molecule has 0 spiro atoms. The van der Waals surface area contributed by atoms with Crippen LogP contribution in [-0.4, -0.2) is 45.9 Å². The van der Waals surface area contributed by atoms with E-state index in [4.69, 9.17) is 27.9 Å². The van der Waals surface area contributed by atoms with E-state index in [0.29, 0.717) is 11.3 Å². The van der Waals surface area contributed by atoms with Gasteiger partial charge in [-0.2, -0.15) is 5.10 Å². The first kappa shape index (κ1) is 29.0. The Hall–Kier alpha value is -3.60. The third-order valence-corrected chi connectivity index (χ3v) is 6.73. The predicted molar refractivity (Wildman–Crippen MR) is 149 cm³/mol. The van der Waals surface area contributed by atoms with E-state index in [0.717, 1.165) is 16.1 Å². The van der Waals surface area contributed by atoms with Crippen LogP contribution >= 0.6 is 23.2 Å². The van der Waals surface area contributed by atoms with Crippen molar-refractivity contribution in [2.75, 3.05) is 23.7 Å². The molecule has 0 aromatic heterocycles. The summed E-state index contributed by atoms with van der Waals surface area (Å²) in [6.45, 7) is 1.23. The zero-order chi connectivity index (χ0) is 27.7. The van der Waals surface area contributed by atoms with Crippen LogP contribution in [-0.2, 0) is 19.6 Å². The highest BCUT2D eigenvalue weighted by Crippen LogP contribution is 2.26. The molecular weight excluding hydrogens is 551 g/mol. The molecule has 2 amide bonds. The van der Waals surface area contributed by atoms with E-state index in [9.17, 15) is 18.0 Å². The van der Waals surface area contributed by atoms with Crippen LogP contribution < -0.4 is 19.8 Å². The second kappa shape index (κ2) is 13.3. The molecule has 0 aliphatic carbocycles. The Morgan fingerprint density at radius 1 is 1.00 bits per heavy atom. The monoisotopic (exact) mass is 576 g/mol. The number of nitrogens with one attached hydrogen (secondary N) is 2. The Morgan fingerprint density at radius 3 is 2.24 bits per heavy atom. The minimum Gasteiger partial charge on any atom is -0.484 e. The maximum absolute atomic E-state index is 12.3. The van der Waals surface area contributed by atoms with Gasteiger partial charge in [-0.1, -0.05) is 53.5 Å². The number of carbonyl (C=O) groups is 2. The van der Waals surface area contributed by atoms with Gasteiger partial charge in [-0.15, -0.1) is 0 Å². The lowest BCUT2D eigenvalue weighted by atomic mass is 10.1. The maximum atomic E-state index is 12.3. The Balaban J connectivity index is 1.50. The molecule has 0 fully saturated rings. The van der Waals surface area contributed by atoms with Crippen LogP contribution in [0.4, 0.5) is 5.69 Å². The van der Waals surface area contributed by atoms with Crippen molar-refractivity contribution in [2.45, 2.75) is 13.0 Å². The Morgan fingerprint density at radius 2 is 1.63 bits per heavy atom. The number of hydrazone groups is 1. The first-order chi connectivity index (χ1) is 18.0. The number of rotatable bonds is 11. The Kier molecular flexibility index (Phi) is 10.1. The summed E-state index contributed by atoms with van der Waals surface area (Å²) in [6.07, 6.45) is 2.35. The summed E-state index contributed by atoms with van der Waals surface area (Å²) in [4.78, 5) is 24.5. The highest BCUT2D eigenvalue weighted by atomic mass is 35.5. The molecule has 0 saturated carbocycles. The average Bonchev–Trinajstić information content (AvgIpc) is 2.86. The van der Waals surface area contributed by atoms with Gasteiger partial charge in [0.2, 0.25) is 10.0 Å². The molecule has 0 radical (unpaired) electrons.